The second-order valence-corrected chi connectivity index (χ2v) is 7.42. The fraction of sp³-hybridized carbons (Fsp3) is 0.381. The molecule has 0 saturated carbocycles. The van der Waals surface area contributed by atoms with E-state index in [0.717, 1.165) is 25.0 Å². The molecule has 1 aliphatic heterocycles. The lowest BCUT2D eigenvalue weighted by molar-refractivity contribution is -0.137. The highest BCUT2D eigenvalue weighted by Gasteiger charge is 2.31. The SMILES string of the molecule is COc1ccc2c(=O)n(CC3CCN(c4cc(C(F)(F)F)ccn4)CC3)cnc2c1. The Hall–Kier alpha value is -3.10. The van der Waals surface area contributed by atoms with Crippen molar-refractivity contribution in [3.63, 3.8) is 0 Å². The number of benzene rings is 1. The second-order valence-electron chi connectivity index (χ2n) is 7.42. The van der Waals surface area contributed by atoms with Crippen LogP contribution in [0.25, 0.3) is 10.9 Å². The number of hydrogen-bond donors (Lipinski definition) is 0. The van der Waals surface area contributed by atoms with Crippen LogP contribution in [0.5, 0.6) is 5.75 Å². The number of pyridine rings is 1. The zero-order chi connectivity index (χ0) is 21.3. The molecule has 0 N–H and O–H groups in total. The van der Waals surface area contributed by atoms with Crippen LogP contribution < -0.4 is 15.2 Å². The average Bonchev–Trinajstić information content (AvgIpc) is 2.75. The average molecular weight is 418 g/mol. The highest BCUT2D eigenvalue weighted by atomic mass is 19.4. The van der Waals surface area contributed by atoms with Gasteiger partial charge in [-0.3, -0.25) is 9.36 Å². The molecule has 158 valence electrons. The molecule has 1 aromatic carbocycles. The van der Waals surface area contributed by atoms with E-state index in [2.05, 4.69) is 9.97 Å². The van der Waals surface area contributed by atoms with Crippen molar-refractivity contribution in [3.8, 4) is 5.75 Å². The minimum absolute atomic E-state index is 0.107. The molecule has 4 rings (SSSR count). The maximum absolute atomic E-state index is 12.9. The number of alkyl halides is 3. The van der Waals surface area contributed by atoms with Gasteiger partial charge in [0.1, 0.15) is 11.6 Å². The topological polar surface area (TPSA) is 60.2 Å². The van der Waals surface area contributed by atoms with E-state index in [9.17, 15) is 18.0 Å². The van der Waals surface area contributed by atoms with Crippen LogP contribution in [0.4, 0.5) is 19.0 Å². The Balaban J connectivity index is 1.44. The van der Waals surface area contributed by atoms with E-state index in [1.54, 1.807) is 36.2 Å². The van der Waals surface area contributed by atoms with Gasteiger partial charge in [-0.25, -0.2) is 9.97 Å². The standard InChI is InChI=1S/C21H21F3N4O2/c1-30-16-2-3-17-18(11-16)26-13-28(20(17)29)12-14-5-8-27(9-6-14)19-10-15(4-7-25-19)21(22,23)24/h2-4,7,10-11,13-14H,5-6,8-9,12H2,1H3. The number of methoxy groups -OCH3 is 1. The number of anilines is 1. The van der Waals surface area contributed by atoms with Gasteiger partial charge in [-0.05, 0) is 43.0 Å². The quantitative estimate of drug-likeness (QED) is 0.646. The molecular formula is C21H21F3N4O2. The van der Waals surface area contributed by atoms with Crippen molar-refractivity contribution in [1.29, 1.82) is 0 Å². The van der Waals surface area contributed by atoms with Crippen LogP contribution >= 0.6 is 0 Å². The second kappa shape index (κ2) is 7.97. The Morgan fingerprint density at radius 1 is 1.13 bits per heavy atom. The van der Waals surface area contributed by atoms with Gasteiger partial charge in [-0.1, -0.05) is 0 Å². The van der Waals surface area contributed by atoms with E-state index < -0.39 is 11.7 Å². The van der Waals surface area contributed by atoms with Crippen LogP contribution in [0, 0.1) is 5.92 Å². The molecule has 1 aliphatic rings. The maximum atomic E-state index is 12.9. The monoisotopic (exact) mass is 418 g/mol. The van der Waals surface area contributed by atoms with Gasteiger partial charge in [-0.15, -0.1) is 0 Å². The summed E-state index contributed by atoms with van der Waals surface area (Å²) in [6.07, 6.45) is -0.134. The molecule has 3 aromatic rings. The largest absolute Gasteiger partial charge is 0.497 e. The third-order valence-corrected chi connectivity index (χ3v) is 5.50. The summed E-state index contributed by atoms with van der Waals surface area (Å²) in [5, 5.41) is 0.531. The molecule has 0 unspecified atom stereocenters. The van der Waals surface area contributed by atoms with Crippen LogP contribution in [0.2, 0.25) is 0 Å². The highest BCUT2D eigenvalue weighted by Crippen LogP contribution is 2.31. The van der Waals surface area contributed by atoms with Crippen LogP contribution in [0.1, 0.15) is 18.4 Å². The van der Waals surface area contributed by atoms with Crippen molar-refractivity contribution < 1.29 is 17.9 Å². The Morgan fingerprint density at radius 3 is 2.60 bits per heavy atom. The first-order valence-electron chi connectivity index (χ1n) is 9.66. The smallest absolute Gasteiger partial charge is 0.416 e. The molecule has 9 heteroatoms. The van der Waals surface area contributed by atoms with Crippen molar-refractivity contribution in [2.24, 2.45) is 5.92 Å². The molecule has 0 radical (unpaired) electrons. The molecular weight excluding hydrogens is 397 g/mol. The normalized spacial score (nSPS) is 15.5. The van der Waals surface area contributed by atoms with Crippen molar-refractivity contribution in [3.05, 3.63) is 58.8 Å². The molecule has 1 fully saturated rings. The fourth-order valence-corrected chi connectivity index (χ4v) is 3.79. The summed E-state index contributed by atoms with van der Waals surface area (Å²) in [7, 11) is 1.56. The van der Waals surface area contributed by atoms with E-state index in [-0.39, 0.29) is 11.5 Å². The highest BCUT2D eigenvalue weighted by molar-refractivity contribution is 5.78. The number of nitrogens with zero attached hydrogens (tertiary/aromatic N) is 4. The van der Waals surface area contributed by atoms with Gasteiger partial charge in [0.15, 0.2) is 0 Å². The molecule has 0 atom stereocenters. The molecule has 1 saturated heterocycles. The van der Waals surface area contributed by atoms with Gasteiger partial charge < -0.3 is 9.64 Å². The number of halogens is 3. The van der Waals surface area contributed by atoms with Crippen molar-refractivity contribution in [1.82, 2.24) is 14.5 Å². The van der Waals surface area contributed by atoms with Gasteiger partial charge in [0.05, 0.1) is 29.9 Å². The number of rotatable bonds is 4. The first-order chi connectivity index (χ1) is 14.3. The number of piperidine rings is 1. The zero-order valence-electron chi connectivity index (χ0n) is 16.4. The van der Waals surface area contributed by atoms with Crippen LogP contribution in [0.3, 0.4) is 0 Å². The number of ether oxygens (including phenoxy) is 1. The Kier molecular flexibility index (Phi) is 5.36. The van der Waals surface area contributed by atoms with E-state index in [1.165, 1.54) is 6.20 Å². The lowest BCUT2D eigenvalue weighted by Gasteiger charge is -2.33. The van der Waals surface area contributed by atoms with Crippen LogP contribution in [-0.4, -0.2) is 34.7 Å². The first-order valence-corrected chi connectivity index (χ1v) is 9.66. The molecule has 0 spiro atoms. The van der Waals surface area contributed by atoms with Gasteiger partial charge >= 0.3 is 6.18 Å². The lowest BCUT2D eigenvalue weighted by atomic mass is 9.96. The molecule has 3 heterocycles. The van der Waals surface area contributed by atoms with Gasteiger partial charge in [0.2, 0.25) is 0 Å². The summed E-state index contributed by atoms with van der Waals surface area (Å²) in [5.41, 5.74) is -0.217. The first kappa shape index (κ1) is 20.2. The van der Waals surface area contributed by atoms with Crippen molar-refractivity contribution in [2.75, 3.05) is 25.1 Å². The van der Waals surface area contributed by atoms with Crippen LogP contribution in [0.15, 0.2) is 47.7 Å². The predicted octanol–water partition coefficient (Wildman–Crippen LogP) is 3.74. The number of hydrogen-bond acceptors (Lipinski definition) is 5. The number of fused-ring (bicyclic) bond motifs is 1. The minimum Gasteiger partial charge on any atom is -0.497 e. The zero-order valence-corrected chi connectivity index (χ0v) is 16.4. The third-order valence-electron chi connectivity index (χ3n) is 5.50. The summed E-state index contributed by atoms with van der Waals surface area (Å²) < 4.78 is 45.6. The molecule has 2 aromatic heterocycles. The van der Waals surface area contributed by atoms with E-state index in [1.807, 2.05) is 4.90 Å². The summed E-state index contributed by atoms with van der Waals surface area (Å²) in [6, 6.07) is 7.23. The van der Waals surface area contributed by atoms with Crippen LogP contribution in [-0.2, 0) is 12.7 Å². The van der Waals surface area contributed by atoms with Crippen molar-refractivity contribution >= 4 is 16.7 Å². The Morgan fingerprint density at radius 2 is 1.90 bits per heavy atom. The Bertz CT molecular complexity index is 1110. The maximum Gasteiger partial charge on any atom is 0.416 e. The molecule has 0 aliphatic carbocycles. The summed E-state index contributed by atoms with van der Waals surface area (Å²) in [6.45, 7) is 1.70. The third kappa shape index (κ3) is 4.10. The fourth-order valence-electron chi connectivity index (χ4n) is 3.79. The van der Waals surface area contributed by atoms with E-state index >= 15 is 0 Å². The van der Waals surface area contributed by atoms with Crippen molar-refractivity contribution in [2.45, 2.75) is 25.6 Å². The van der Waals surface area contributed by atoms with Gasteiger partial charge in [-0.2, -0.15) is 13.2 Å². The van der Waals surface area contributed by atoms with E-state index in [4.69, 9.17) is 4.74 Å². The molecule has 6 nitrogen and oxygen atoms in total. The van der Waals surface area contributed by atoms with Gasteiger partial charge in [0.25, 0.3) is 5.56 Å². The molecule has 0 amide bonds. The minimum atomic E-state index is -4.38. The summed E-state index contributed by atoms with van der Waals surface area (Å²) >= 11 is 0. The van der Waals surface area contributed by atoms with E-state index in [0.29, 0.717) is 42.1 Å². The molecule has 0 bridgehead atoms. The summed E-state index contributed by atoms with van der Waals surface area (Å²) in [5.74, 6) is 1.21. The number of aromatic nitrogens is 3. The predicted molar refractivity (Wildman–Crippen MR) is 107 cm³/mol. The summed E-state index contributed by atoms with van der Waals surface area (Å²) in [4.78, 5) is 23.1. The van der Waals surface area contributed by atoms with Gasteiger partial charge in [0, 0.05) is 31.9 Å². The Labute approximate surface area is 170 Å². The lowest BCUT2D eigenvalue weighted by Crippen LogP contribution is -2.37. The molecule has 30 heavy (non-hydrogen) atoms.